The van der Waals surface area contributed by atoms with Gasteiger partial charge in [0.1, 0.15) is 6.04 Å². The van der Waals surface area contributed by atoms with Crippen molar-refractivity contribution < 1.29 is 14.7 Å². The molecule has 1 unspecified atom stereocenters. The van der Waals surface area contributed by atoms with Crippen molar-refractivity contribution in [1.82, 2.24) is 5.32 Å². The number of amides is 1. The standard InChI is InChI=1S/C18H19NO3/c1-2-17(20)19-16(18(21)22)12-14-10-6-7-11-15(14)13-8-4-3-5-9-13/h3-11,16H,2,12H2,1H3,(H,19,20)(H,21,22). The Hall–Kier alpha value is -2.62. The fraction of sp³-hybridized carbons (Fsp3) is 0.222. The van der Waals surface area contributed by atoms with E-state index < -0.39 is 12.0 Å². The van der Waals surface area contributed by atoms with Crippen LogP contribution in [-0.4, -0.2) is 23.0 Å². The highest BCUT2D eigenvalue weighted by molar-refractivity contribution is 5.84. The molecule has 0 bridgehead atoms. The summed E-state index contributed by atoms with van der Waals surface area (Å²) in [6, 6.07) is 16.5. The fourth-order valence-electron chi connectivity index (χ4n) is 2.31. The van der Waals surface area contributed by atoms with Gasteiger partial charge in [-0.2, -0.15) is 0 Å². The third kappa shape index (κ3) is 3.95. The lowest BCUT2D eigenvalue weighted by molar-refractivity contribution is -0.141. The van der Waals surface area contributed by atoms with Gasteiger partial charge in [-0.25, -0.2) is 4.79 Å². The topological polar surface area (TPSA) is 66.4 Å². The quantitative estimate of drug-likeness (QED) is 0.861. The first-order chi connectivity index (χ1) is 10.6. The van der Waals surface area contributed by atoms with Gasteiger partial charge in [0.25, 0.3) is 0 Å². The lowest BCUT2D eigenvalue weighted by Crippen LogP contribution is -2.42. The molecule has 0 aliphatic carbocycles. The highest BCUT2D eigenvalue weighted by Crippen LogP contribution is 2.24. The molecule has 0 saturated heterocycles. The predicted molar refractivity (Wildman–Crippen MR) is 85.4 cm³/mol. The van der Waals surface area contributed by atoms with E-state index in [1.165, 1.54) is 0 Å². The third-order valence-electron chi connectivity index (χ3n) is 3.48. The zero-order valence-electron chi connectivity index (χ0n) is 12.5. The lowest BCUT2D eigenvalue weighted by Gasteiger charge is -2.16. The first kappa shape index (κ1) is 15.8. The Morgan fingerprint density at radius 2 is 1.68 bits per heavy atom. The summed E-state index contributed by atoms with van der Waals surface area (Å²) in [6.07, 6.45) is 0.524. The molecule has 4 nitrogen and oxygen atoms in total. The van der Waals surface area contributed by atoms with Gasteiger partial charge in [0.2, 0.25) is 5.91 Å². The average Bonchev–Trinajstić information content (AvgIpc) is 2.55. The Morgan fingerprint density at radius 3 is 2.32 bits per heavy atom. The van der Waals surface area contributed by atoms with Gasteiger partial charge in [-0.1, -0.05) is 61.5 Å². The lowest BCUT2D eigenvalue weighted by atomic mass is 9.95. The molecular formula is C18H19NO3. The second kappa shape index (κ2) is 7.41. The maximum Gasteiger partial charge on any atom is 0.326 e. The molecular weight excluding hydrogens is 278 g/mol. The van der Waals surface area contributed by atoms with Crippen molar-refractivity contribution in [3.05, 3.63) is 60.2 Å². The Morgan fingerprint density at radius 1 is 1.05 bits per heavy atom. The van der Waals surface area contributed by atoms with Crippen LogP contribution < -0.4 is 5.32 Å². The van der Waals surface area contributed by atoms with Gasteiger partial charge < -0.3 is 10.4 Å². The molecule has 1 amide bonds. The Balaban J connectivity index is 2.28. The summed E-state index contributed by atoms with van der Waals surface area (Å²) >= 11 is 0. The van der Waals surface area contributed by atoms with Crippen molar-refractivity contribution in [3.63, 3.8) is 0 Å². The van der Waals surface area contributed by atoms with E-state index in [-0.39, 0.29) is 18.7 Å². The first-order valence-corrected chi connectivity index (χ1v) is 7.27. The predicted octanol–water partition coefficient (Wildman–Crippen LogP) is 2.88. The van der Waals surface area contributed by atoms with E-state index in [2.05, 4.69) is 5.32 Å². The molecule has 0 spiro atoms. The molecule has 0 saturated carbocycles. The van der Waals surface area contributed by atoms with E-state index in [4.69, 9.17) is 0 Å². The summed E-state index contributed by atoms with van der Waals surface area (Å²) in [5.41, 5.74) is 2.92. The number of carbonyl (C=O) groups is 2. The van der Waals surface area contributed by atoms with Crippen LogP contribution in [0, 0.1) is 0 Å². The Kier molecular flexibility index (Phi) is 5.31. The number of carbonyl (C=O) groups excluding carboxylic acids is 1. The van der Waals surface area contributed by atoms with E-state index in [0.717, 1.165) is 16.7 Å². The van der Waals surface area contributed by atoms with Crippen molar-refractivity contribution >= 4 is 11.9 Å². The van der Waals surface area contributed by atoms with Crippen LogP contribution in [-0.2, 0) is 16.0 Å². The number of rotatable bonds is 6. The van der Waals surface area contributed by atoms with Crippen molar-refractivity contribution in [2.75, 3.05) is 0 Å². The molecule has 2 aromatic carbocycles. The van der Waals surface area contributed by atoms with Gasteiger partial charge >= 0.3 is 5.97 Å². The van der Waals surface area contributed by atoms with Crippen LogP contribution in [0.25, 0.3) is 11.1 Å². The average molecular weight is 297 g/mol. The van der Waals surface area contributed by atoms with Crippen LogP contribution in [0.15, 0.2) is 54.6 Å². The zero-order valence-corrected chi connectivity index (χ0v) is 12.5. The fourth-order valence-corrected chi connectivity index (χ4v) is 2.31. The molecule has 0 aliphatic heterocycles. The minimum Gasteiger partial charge on any atom is -0.480 e. The zero-order chi connectivity index (χ0) is 15.9. The van der Waals surface area contributed by atoms with E-state index in [9.17, 15) is 14.7 Å². The molecule has 2 N–H and O–H groups in total. The van der Waals surface area contributed by atoms with Crippen LogP contribution in [0.3, 0.4) is 0 Å². The number of carboxylic acids is 1. The van der Waals surface area contributed by atoms with Crippen molar-refractivity contribution in [2.45, 2.75) is 25.8 Å². The number of carboxylic acid groups (broad SMARTS) is 1. The second-order valence-electron chi connectivity index (χ2n) is 5.04. The minimum absolute atomic E-state index is 0.256. The van der Waals surface area contributed by atoms with Gasteiger partial charge in [0.05, 0.1) is 0 Å². The molecule has 0 radical (unpaired) electrons. The maximum atomic E-state index is 11.5. The summed E-state index contributed by atoms with van der Waals surface area (Å²) in [4.78, 5) is 22.9. The van der Waals surface area contributed by atoms with Gasteiger partial charge in [0, 0.05) is 12.8 Å². The van der Waals surface area contributed by atoms with Crippen LogP contribution >= 0.6 is 0 Å². The molecule has 2 aromatic rings. The molecule has 4 heteroatoms. The monoisotopic (exact) mass is 297 g/mol. The van der Waals surface area contributed by atoms with Crippen LogP contribution in [0.1, 0.15) is 18.9 Å². The Bertz CT molecular complexity index is 652. The van der Waals surface area contributed by atoms with E-state index in [1.807, 2.05) is 54.6 Å². The van der Waals surface area contributed by atoms with Gasteiger partial charge in [-0.15, -0.1) is 0 Å². The molecule has 0 heterocycles. The molecule has 0 aromatic heterocycles. The molecule has 22 heavy (non-hydrogen) atoms. The Labute approximate surface area is 129 Å². The summed E-state index contributed by atoms with van der Waals surface area (Å²) in [5.74, 6) is -1.28. The van der Waals surface area contributed by atoms with Gasteiger partial charge in [-0.3, -0.25) is 4.79 Å². The largest absolute Gasteiger partial charge is 0.480 e. The van der Waals surface area contributed by atoms with Crippen molar-refractivity contribution in [1.29, 1.82) is 0 Å². The van der Waals surface area contributed by atoms with Crippen molar-refractivity contribution in [3.8, 4) is 11.1 Å². The number of hydrogen-bond donors (Lipinski definition) is 2. The summed E-state index contributed by atoms with van der Waals surface area (Å²) in [6.45, 7) is 1.70. The van der Waals surface area contributed by atoms with Gasteiger partial charge in [-0.05, 0) is 16.7 Å². The maximum absolute atomic E-state index is 11.5. The smallest absolute Gasteiger partial charge is 0.326 e. The third-order valence-corrected chi connectivity index (χ3v) is 3.48. The summed E-state index contributed by atoms with van der Waals surface area (Å²) < 4.78 is 0. The number of hydrogen-bond acceptors (Lipinski definition) is 2. The molecule has 2 rings (SSSR count). The minimum atomic E-state index is -1.02. The van der Waals surface area contributed by atoms with E-state index in [1.54, 1.807) is 6.92 Å². The van der Waals surface area contributed by atoms with Crippen LogP contribution in [0.2, 0.25) is 0 Å². The number of benzene rings is 2. The molecule has 114 valence electrons. The highest BCUT2D eigenvalue weighted by atomic mass is 16.4. The van der Waals surface area contributed by atoms with Gasteiger partial charge in [0.15, 0.2) is 0 Å². The second-order valence-corrected chi connectivity index (χ2v) is 5.04. The van der Waals surface area contributed by atoms with Crippen LogP contribution in [0.5, 0.6) is 0 Å². The highest BCUT2D eigenvalue weighted by Gasteiger charge is 2.21. The molecule has 1 atom stereocenters. The van der Waals surface area contributed by atoms with Crippen LogP contribution in [0.4, 0.5) is 0 Å². The summed E-state index contributed by atoms with van der Waals surface area (Å²) in [5, 5.41) is 11.9. The van der Waals surface area contributed by atoms with E-state index >= 15 is 0 Å². The normalized spacial score (nSPS) is 11.7. The molecule has 0 fully saturated rings. The first-order valence-electron chi connectivity index (χ1n) is 7.27. The number of aliphatic carboxylic acids is 1. The summed E-state index contributed by atoms with van der Waals surface area (Å²) in [7, 11) is 0. The van der Waals surface area contributed by atoms with Crippen molar-refractivity contribution in [2.24, 2.45) is 0 Å². The number of nitrogens with one attached hydrogen (secondary N) is 1. The SMILES string of the molecule is CCC(=O)NC(Cc1ccccc1-c1ccccc1)C(=O)O. The molecule has 0 aliphatic rings. The van der Waals surface area contributed by atoms with E-state index in [0.29, 0.717) is 0 Å².